The molecule has 0 saturated heterocycles. The number of anilines is 1. The van der Waals surface area contributed by atoms with E-state index >= 15 is 0 Å². The van der Waals surface area contributed by atoms with Gasteiger partial charge in [-0.25, -0.2) is 0 Å². The number of aryl methyl sites for hydroxylation is 1. The quantitative estimate of drug-likeness (QED) is 0.355. The van der Waals surface area contributed by atoms with Crippen LogP contribution in [0.4, 0.5) is 5.82 Å². The number of carbonyl (C=O) groups is 1. The van der Waals surface area contributed by atoms with Crippen LogP contribution in [-0.2, 0) is 11.3 Å². The monoisotopic (exact) mass is 478 g/mol. The van der Waals surface area contributed by atoms with Gasteiger partial charge in [0.15, 0.2) is 16.8 Å². The number of nitrogens with one attached hydrogen (secondary N) is 1. The van der Waals surface area contributed by atoms with Gasteiger partial charge in [0.2, 0.25) is 5.91 Å². The fourth-order valence-electron chi connectivity index (χ4n) is 3.37. The SMILES string of the molecule is Cc1cc(NC(=O)CSc2nnc(Cn3c(=O)sc4ccccc43)n2-c2ccccc2)no1. The van der Waals surface area contributed by atoms with E-state index in [0.29, 0.717) is 22.6 Å². The van der Waals surface area contributed by atoms with Gasteiger partial charge >= 0.3 is 4.87 Å². The molecule has 5 aromatic rings. The number of thiazole rings is 1. The molecule has 166 valence electrons. The number of hydrogen-bond donors (Lipinski definition) is 1. The van der Waals surface area contributed by atoms with Crippen LogP contribution in [0.15, 0.2) is 75.1 Å². The van der Waals surface area contributed by atoms with Crippen molar-refractivity contribution >= 4 is 45.0 Å². The van der Waals surface area contributed by atoms with E-state index in [9.17, 15) is 9.59 Å². The summed E-state index contributed by atoms with van der Waals surface area (Å²) >= 11 is 2.45. The van der Waals surface area contributed by atoms with Crippen LogP contribution in [0.25, 0.3) is 15.9 Å². The summed E-state index contributed by atoms with van der Waals surface area (Å²) in [6, 6.07) is 18.9. The minimum absolute atomic E-state index is 0.0599. The van der Waals surface area contributed by atoms with Crippen LogP contribution in [0.1, 0.15) is 11.6 Å². The summed E-state index contributed by atoms with van der Waals surface area (Å²) in [4.78, 5) is 25.0. The zero-order valence-electron chi connectivity index (χ0n) is 17.5. The molecule has 0 spiro atoms. The van der Waals surface area contributed by atoms with Crippen LogP contribution >= 0.6 is 23.1 Å². The van der Waals surface area contributed by atoms with Gasteiger partial charge in [-0.15, -0.1) is 10.2 Å². The van der Waals surface area contributed by atoms with E-state index in [1.54, 1.807) is 17.6 Å². The summed E-state index contributed by atoms with van der Waals surface area (Å²) in [5, 5.41) is 15.7. The van der Waals surface area contributed by atoms with E-state index in [1.165, 1.54) is 23.1 Å². The number of rotatable bonds is 7. The number of fused-ring (bicyclic) bond motifs is 1. The van der Waals surface area contributed by atoms with Gasteiger partial charge in [-0.3, -0.25) is 18.7 Å². The highest BCUT2D eigenvalue weighted by atomic mass is 32.2. The Hall–Kier alpha value is -3.70. The highest BCUT2D eigenvalue weighted by Crippen LogP contribution is 2.24. The summed E-state index contributed by atoms with van der Waals surface area (Å²) in [5.41, 5.74) is 1.70. The third kappa shape index (κ3) is 4.45. The van der Waals surface area contributed by atoms with Crippen LogP contribution in [-0.4, -0.2) is 36.1 Å². The number of aromatic nitrogens is 5. The molecule has 1 N–H and O–H groups in total. The lowest BCUT2D eigenvalue weighted by Crippen LogP contribution is -2.17. The first-order valence-electron chi connectivity index (χ1n) is 10.0. The molecule has 0 aliphatic heterocycles. The first kappa shape index (κ1) is 21.2. The maximum atomic E-state index is 12.6. The molecule has 0 unspecified atom stereocenters. The number of thioether (sulfide) groups is 1. The molecule has 9 nitrogen and oxygen atoms in total. The minimum Gasteiger partial charge on any atom is -0.360 e. The Morgan fingerprint density at radius 1 is 1.12 bits per heavy atom. The van der Waals surface area contributed by atoms with Crippen molar-refractivity contribution in [1.82, 2.24) is 24.5 Å². The van der Waals surface area contributed by atoms with E-state index in [0.717, 1.165) is 15.9 Å². The van der Waals surface area contributed by atoms with Crippen molar-refractivity contribution in [1.29, 1.82) is 0 Å². The van der Waals surface area contributed by atoms with Gasteiger partial charge in [-0.2, -0.15) is 0 Å². The lowest BCUT2D eigenvalue weighted by atomic mass is 10.3. The Balaban J connectivity index is 1.43. The van der Waals surface area contributed by atoms with Crippen molar-refractivity contribution < 1.29 is 9.32 Å². The Bertz CT molecular complexity index is 1480. The maximum absolute atomic E-state index is 12.6. The summed E-state index contributed by atoms with van der Waals surface area (Å²) in [6.07, 6.45) is 0. The van der Waals surface area contributed by atoms with Crippen molar-refractivity contribution in [2.75, 3.05) is 11.1 Å². The summed E-state index contributed by atoms with van der Waals surface area (Å²) in [7, 11) is 0. The molecule has 0 aliphatic rings. The second-order valence-corrected chi connectivity index (χ2v) is 9.09. The van der Waals surface area contributed by atoms with Crippen molar-refractivity contribution in [2.45, 2.75) is 18.6 Å². The molecule has 0 fully saturated rings. The fraction of sp³-hybridized carbons (Fsp3) is 0.136. The largest absolute Gasteiger partial charge is 0.360 e. The second-order valence-electron chi connectivity index (χ2n) is 7.15. The first-order chi connectivity index (χ1) is 16.1. The van der Waals surface area contributed by atoms with E-state index in [-0.39, 0.29) is 23.1 Å². The Morgan fingerprint density at radius 2 is 1.91 bits per heavy atom. The number of hydrogen-bond acceptors (Lipinski definition) is 8. The molecule has 33 heavy (non-hydrogen) atoms. The Morgan fingerprint density at radius 3 is 2.70 bits per heavy atom. The zero-order chi connectivity index (χ0) is 22.8. The molecule has 1 amide bonds. The molecule has 0 bridgehead atoms. The third-order valence-corrected chi connectivity index (χ3v) is 6.70. The van der Waals surface area contributed by atoms with Gasteiger partial charge in [0.05, 0.1) is 22.5 Å². The second kappa shape index (κ2) is 9.04. The predicted octanol–water partition coefficient (Wildman–Crippen LogP) is 3.72. The van der Waals surface area contributed by atoms with Crippen molar-refractivity contribution in [2.24, 2.45) is 0 Å². The topological polar surface area (TPSA) is 108 Å². The van der Waals surface area contributed by atoms with Crippen LogP contribution in [0, 0.1) is 6.92 Å². The van der Waals surface area contributed by atoms with Crippen molar-refractivity contribution in [3.8, 4) is 5.69 Å². The van der Waals surface area contributed by atoms with Crippen LogP contribution in [0.5, 0.6) is 0 Å². The van der Waals surface area contributed by atoms with E-state index in [2.05, 4.69) is 20.7 Å². The van der Waals surface area contributed by atoms with Crippen LogP contribution in [0.2, 0.25) is 0 Å². The first-order valence-corrected chi connectivity index (χ1v) is 11.8. The number of carbonyl (C=O) groups excluding carboxylic acids is 1. The zero-order valence-corrected chi connectivity index (χ0v) is 19.1. The van der Waals surface area contributed by atoms with Gasteiger partial charge < -0.3 is 9.84 Å². The van der Waals surface area contributed by atoms with Gasteiger partial charge in [0.25, 0.3) is 0 Å². The van der Waals surface area contributed by atoms with E-state index in [1.807, 2.05) is 59.2 Å². The molecule has 0 saturated carbocycles. The normalized spacial score (nSPS) is 11.2. The number of nitrogens with zero attached hydrogens (tertiary/aromatic N) is 5. The lowest BCUT2D eigenvalue weighted by Gasteiger charge is -2.11. The van der Waals surface area contributed by atoms with E-state index in [4.69, 9.17) is 4.52 Å². The average Bonchev–Trinajstić information content (AvgIpc) is 3.50. The summed E-state index contributed by atoms with van der Waals surface area (Å²) in [5.74, 6) is 1.45. The maximum Gasteiger partial charge on any atom is 0.308 e. The standard InChI is InChI=1S/C22H18N6O3S2/c1-14-11-18(26-31-14)23-20(29)13-32-21-25-24-19(28(21)15-7-3-2-4-8-15)12-27-16-9-5-6-10-17(16)33-22(27)30/h2-11H,12-13H2,1H3,(H,23,26,29). The fourth-order valence-corrected chi connectivity index (χ4v) is 5.03. The molecule has 3 aromatic heterocycles. The van der Waals surface area contributed by atoms with E-state index < -0.39 is 0 Å². The summed E-state index contributed by atoms with van der Waals surface area (Å²) < 4.78 is 9.46. The van der Waals surface area contributed by atoms with Gasteiger partial charge in [-0.1, -0.05) is 58.6 Å². The van der Waals surface area contributed by atoms with Crippen LogP contribution < -0.4 is 10.2 Å². The van der Waals surface area contributed by atoms with Crippen molar-refractivity contribution in [3.63, 3.8) is 0 Å². The molecule has 2 aromatic carbocycles. The van der Waals surface area contributed by atoms with Crippen molar-refractivity contribution in [3.05, 3.63) is 81.9 Å². The highest BCUT2D eigenvalue weighted by Gasteiger charge is 2.18. The Kier molecular flexibility index (Phi) is 5.80. The number of para-hydroxylation sites is 2. The minimum atomic E-state index is -0.238. The van der Waals surface area contributed by atoms with Gasteiger partial charge in [0.1, 0.15) is 5.76 Å². The predicted molar refractivity (Wildman–Crippen MR) is 127 cm³/mol. The molecule has 0 aliphatic carbocycles. The third-order valence-electron chi connectivity index (χ3n) is 4.82. The molecule has 3 heterocycles. The molecular formula is C22H18N6O3S2. The van der Waals surface area contributed by atoms with Crippen LogP contribution in [0.3, 0.4) is 0 Å². The smallest absolute Gasteiger partial charge is 0.308 e. The number of benzene rings is 2. The average molecular weight is 479 g/mol. The molecule has 0 radical (unpaired) electrons. The molecule has 0 atom stereocenters. The molecule has 5 rings (SSSR count). The number of amides is 1. The summed E-state index contributed by atoms with van der Waals surface area (Å²) in [6.45, 7) is 2.01. The van der Waals surface area contributed by atoms with Gasteiger partial charge in [-0.05, 0) is 31.2 Å². The molecular weight excluding hydrogens is 460 g/mol. The lowest BCUT2D eigenvalue weighted by molar-refractivity contribution is -0.113. The Labute approximate surface area is 196 Å². The van der Waals surface area contributed by atoms with Gasteiger partial charge in [0, 0.05) is 11.8 Å². The molecule has 11 heteroatoms. The highest BCUT2D eigenvalue weighted by molar-refractivity contribution is 7.99.